The van der Waals surface area contributed by atoms with E-state index in [2.05, 4.69) is 43.4 Å². The SMILES string of the molecule is CO[C@H]1/C=C\C[C@H](C)[C@@H](C)S(=O)(NC(=O)c2cnn(C)c2)=NC(=O)c2ccc3c(n2)N(C[C@@H]2CC[C@H]21)C[C@]1(CO3)C[C@@H]2C[C@@H]2c2cc(Cl)ccc21. The summed E-state index contributed by atoms with van der Waals surface area (Å²) in [5.41, 5.74) is 2.59. The average molecular weight is 733 g/mol. The van der Waals surface area contributed by atoms with Crippen LogP contribution in [0.5, 0.6) is 5.75 Å². The lowest BCUT2D eigenvalue weighted by Gasteiger charge is -2.45. The first kappa shape index (κ1) is 34.4. The summed E-state index contributed by atoms with van der Waals surface area (Å²) in [5.74, 6) is 1.39. The maximum Gasteiger partial charge on any atom is 0.305 e. The highest BCUT2D eigenvalue weighted by molar-refractivity contribution is 7.93. The summed E-state index contributed by atoms with van der Waals surface area (Å²) in [7, 11) is -0.184. The maximum atomic E-state index is 14.7. The number of methoxy groups -OCH3 is 1. The zero-order valence-electron chi connectivity index (χ0n) is 29.5. The number of rotatable bonds is 3. The van der Waals surface area contributed by atoms with Gasteiger partial charge >= 0.3 is 5.91 Å². The number of amides is 2. The second kappa shape index (κ2) is 13.0. The number of ether oxygens (including phenoxy) is 2. The maximum absolute atomic E-state index is 14.7. The van der Waals surface area contributed by atoms with Gasteiger partial charge in [-0.25, -0.2) is 9.19 Å². The fraction of sp³-hybridized carbons (Fsp3) is 0.526. The van der Waals surface area contributed by atoms with Gasteiger partial charge in [-0.05, 0) is 104 Å². The van der Waals surface area contributed by atoms with Crippen molar-refractivity contribution < 1.29 is 23.3 Å². The number of pyridine rings is 1. The van der Waals surface area contributed by atoms with Gasteiger partial charge < -0.3 is 14.4 Å². The predicted octanol–water partition coefficient (Wildman–Crippen LogP) is 6.09. The molecule has 13 heteroatoms. The number of hydrogen-bond acceptors (Lipinski definition) is 8. The molecule has 5 aliphatic rings. The molecule has 3 aromatic rings. The number of allylic oxidation sites excluding steroid dienone is 1. The third-order valence-corrected chi connectivity index (χ3v) is 14.7. The van der Waals surface area contributed by atoms with Crippen molar-refractivity contribution in [3.8, 4) is 5.75 Å². The Bertz CT molecular complexity index is 2040. The number of hydrogen-bond donors (Lipinski definition) is 1. The molecule has 1 spiro atoms. The van der Waals surface area contributed by atoms with E-state index >= 15 is 0 Å². The van der Waals surface area contributed by atoms with Crippen molar-refractivity contribution in [3.05, 3.63) is 82.3 Å². The van der Waals surface area contributed by atoms with Gasteiger partial charge in [0.25, 0.3) is 5.91 Å². The van der Waals surface area contributed by atoms with E-state index in [9.17, 15) is 13.8 Å². The Morgan fingerprint density at radius 1 is 1.18 bits per heavy atom. The van der Waals surface area contributed by atoms with Crippen LogP contribution < -0.4 is 14.4 Å². The van der Waals surface area contributed by atoms with E-state index in [1.54, 1.807) is 33.2 Å². The van der Waals surface area contributed by atoms with Crippen LogP contribution >= 0.6 is 11.6 Å². The highest BCUT2D eigenvalue weighted by Gasteiger charge is 2.54. The van der Waals surface area contributed by atoms with E-state index in [0.717, 1.165) is 37.3 Å². The van der Waals surface area contributed by atoms with Gasteiger partial charge in [-0.3, -0.25) is 19.0 Å². The number of aryl methyl sites for hydroxylation is 1. The third-order valence-electron chi connectivity index (χ3n) is 12.1. The van der Waals surface area contributed by atoms with Crippen molar-refractivity contribution in [1.82, 2.24) is 19.5 Å². The van der Waals surface area contributed by atoms with Gasteiger partial charge in [-0.15, -0.1) is 4.36 Å². The predicted molar refractivity (Wildman–Crippen MR) is 196 cm³/mol. The van der Waals surface area contributed by atoms with Crippen LogP contribution in [-0.2, 0) is 27.1 Å². The molecule has 11 nitrogen and oxygen atoms in total. The van der Waals surface area contributed by atoms with Crippen molar-refractivity contribution >= 4 is 39.1 Å². The van der Waals surface area contributed by atoms with Gasteiger partial charge in [0.2, 0.25) is 0 Å². The highest BCUT2D eigenvalue weighted by Crippen LogP contribution is 2.61. The lowest BCUT2D eigenvalue weighted by atomic mass is 9.68. The Morgan fingerprint density at radius 3 is 2.76 bits per heavy atom. The zero-order valence-corrected chi connectivity index (χ0v) is 31.0. The fourth-order valence-corrected chi connectivity index (χ4v) is 10.8. The molecule has 9 atom stereocenters. The van der Waals surface area contributed by atoms with Crippen LogP contribution in [0.1, 0.15) is 83.8 Å². The van der Waals surface area contributed by atoms with E-state index in [4.69, 9.17) is 26.1 Å². The van der Waals surface area contributed by atoms with Crippen molar-refractivity contribution in [2.45, 2.75) is 68.6 Å². The van der Waals surface area contributed by atoms with Crippen molar-refractivity contribution in [2.24, 2.45) is 35.1 Å². The van der Waals surface area contributed by atoms with Crippen molar-refractivity contribution in [1.29, 1.82) is 0 Å². The molecular weight excluding hydrogens is 688 g/mol. The number of benzene rings is 1. The first-order valence-corrected chi connectivity index (χ1v) is 19.9. The molecule has 4 heterocycles. The Balaban J connectivity index is 1.22. The minimum absolute atomic E-state index is 0.0477. The van der Waals surface area contributed by atoms with Crippen LogP contribution in [0.25, 0.3) is 0 Å². The van der Waals surface area contributed by atoms with Gasteiger partial charge in [-0.2, -0.15) is 5.10 Å². The molecule has 270 valence electrons. The first-order valence-electron chi connectivity index (χ1n) is 18.0. The summed E-state index contributed by atoms with van der Waals surface area (Å²) in [6.07, 6.45) is 11.9. The number of carbonyl (C=O) groups excluding carboxylic acids is 2. The molecule has 2 aliphatic heterocycles. The minimum atomic E-state index is -3.63. The van der Waals surface area contributed by atoms with E-state index in [-0.39, 0.29) is 28.7 Å². The molecule has 2 fully saturated rings. The number of nitrogens with zero attached hydrogens (tertiary/aromatic N) is 5. The Labute approximate surface area is 304 Å². The lowest BCUT2D eigenvalue weighted by molar-refractivity contribution is 0.0131. The third kappa shape index (κ3) is 6.27. The van der Waals surface area contributed by atoms with Crippen LogP contribution in [0.4, 0.5) is 5.82 Å². The molecule has 1 unspecified atom stereocenters. The number of fused-ring (bicyclic) bond motifs is 6. The van der Waals surface area contributed by atoms with Crippen LogP contribution in [0, 0.1) is 23.7 Å². The molecule has 3 aliphatic carbocycles. The molecule has 2 bridgehead atoms. The minimum Gasteiger partial charge on any atom is -0.489 e. The van der Waals surface area contributed by atoms with Gasteiger partial charge in [0.15, 0.2) is 11.6 Å². The van der Waals surface area contributed by atoms with Crippen molar-refractivity contribution in [2.75, 3.05) is 31.7 Å². The molecule has 2 aromatic heterocycles. The summed E-state index contributed by atoms with van der Waals surface area (Å²) in [6.45, 7) is 5.59. The highest BCUT2D eigenvalue weighted by atomic mass is 35.5. The van der Waals surface area contributed by atoms with Crippen LogP contribution in [0.15, 0.2) is 59.2 Å². The molecule has 0 radical (unpaired) electrons. The molecule has 2 saturated carbocycles. The molecule has 1 N–H and O–H groups in total. The Hall–Kier alpha value is -3.74. The summed E-state index contributed by atoms with van der Waals surface area (Å²) >= 11 is 6.53. The van der Waals surface area contributed by atoms with E-state index < -0.39 is 27.0 Å². The summed E-state index contributed by atoms with van der Waals surface area (Å²) in [5, 5.41) is 4.15. The Morgan fingerprint density at radius 2 is 2.02 bits per heavy atom. The molecule has 8 rings (SSSR count). The molecule has 1 aromatic carbocycles. The Kier molecular flexibility index (Phi) is 8.78. The second-order valence-electron chi connectivity index (χ2n) is 15.4. The van der Waals surface area contributed by atoms with Crippen LogP contribution in [0.3, 0.4) is 0 Å². The van der Waals surface area contributed by atoms with E-state index in [1.807, 2.05) is 13.0 Å². The van der Waals surface area contributed by atoms with Crippen molar-refractivity contribution in [3.63, 3.8) is 0 Å². The molecule has 2 amide bonds. The van der Waals surface area contributed by atoms with Crippen LogP contribution in [0.2, 0.25) is 5.02 Å². The fourth-order valence-electron chi connectivity index (χ4n) is 8.79. The van der Waals surface area contributed by atoms with Gasteiger partial charge in [0.05, 0.1) is 29.7 Å². The van der Waals surface area contributed by atoms with E-state index in [0.29, 0.717) is 54.8 Å². The monoisotopic (exact) mass is 732 g/mol. The average Bonchev–Trinajstić information content (AvgIpc) is 3.78. The molecular formula is C38H45ClN6O5S. The summed E-state index contributed by atoms with van der Waals surface area (Å²) in [6, 6.07) is 9.67. The standard InChI is InChI=1S/C38H45ClN6O5S/c1-22-6-5-7-33(49-4)28-10-8-24(28)19-45-20-38(16-25-14-29(25)30-15-27(39)9-11-31(30)38)21-50-34-13-12-32(41-35(34)45)37(47)43-51(48,23(22)2)42-36(46)26-17-40-44(3)18-26/h5,7,9,11-13,15,17-18,22-25,28-29,33H,6,8,10,14,16,19-21H2,1-4H3,(H,42,43,46,47,48)/b7-5-/t22-,23+,24-,25-,28+,29-,33-,38-,51?/m0/s1. The quantitative estimate of drug-likeness (QED) is 0.321. The zero-order chi connectivity index (χ0) is 35.7. The topological polar surface area (TPSA) is 128 Å². The normalized spacial score (nSPS) is 34.8. The van der Waals surface area contributed by atoms with Gasteiger partial charge in [0, 0.05) is 43.9 Å². The number of anilines is 1. The largest absolute Gasteiger partial charge is 0.489 e. The summed E-state index contributed by atoms with van der Waals surface area (Å²) < 4.78 is 35.9. The summed E-state index contributed by atoms with van der Waals surface area (Å²) in [4.78, 5) is 34.6. The molecule has 0 saturated heterocycles. The first-order chi connectivity index (χ1) is 24.5. The van der Waals surface area contributed by atoms with Crippen LogP contribution in [-0.4, -0.2) is 68.9 Å². The molecule has 51 heavy (non-hydrogen) atoms. The van der Waals surface area contributed by atoms with Gasteiger partial charge in [0.1, 0.15) is 15.6 Å². The smallest absolute Gasteiger partial charge is 0.305 e. The second-order valence-corrected chi connectivity index (χ2v) is 18.1. The van der Waals surface area contributed by atoms with E-state index in [1.165, 1.54) is 28.2 Å². The number of carbonyl (C=O) groups is 2. The number of aromatic nitrogens is 3. The number of halogens is 1. The van der Waals surface area contributed by atoms with Gasteiger partial charge in [-0.1, -0.05) is 36.7 Å². The number of nitrogens with one attached hydrogen (secondary N) is 1. The lowest BCUT2D eigenvalue weighted by Crippen LogP contribution is -2.50.